The Kier molecular flexibility index (Phi) is 7.88. The molecule has 30 heavy (non-hydrogen) atoms. The van der Waals surface area contributed by atoms with Gasteiger partial charge in [-0.2, -0.15) is 0 Å². The molecule has 0 aromatic heterocycles. The van der Waals surface area contributed by atoms with Crippen molar-refractivity contribution in [3.05, 3.63) is 70.3 Å². The van der Waals surface area contributed by atoms with Crippen LogP contribution < -0.4 is 10.1 Å². The van der Waals surface area contributed by atoms with E-state index < -0.39 is 28.6 Å². The summed E-state index contributed by atoms with van der Waals surface area (Å²) in [5.74, 6) is -0.685. The maximum Gasteiger partial charge on any atom is 0.408 e. The van der Waals surface area contributed by atoms with Crippen LogP contribution in [0.25, 0.3) is 0 Å². The van der Waals surface area contributed by atoms with Crippen molar-refractivity contribution in [1.29, 1.82) is 0 Å². The van der Waals surface area contributed by atoms with Crippen LogP contribution in [-0.4, -0.2) is 35.2 Å². The second-order valence-electron chi connectivity index (χ2n) is 7.35. The minimum Gasteiger partial charge on any atom is -0.445 e. The summed E-state index contributed by atoms with van der Waals surface area (Å²) >= 11 is 0. The summed E-state index contributed by atoms with van der Waals surface area (Å²) in [6, 6.07) is 13.0. The molecule has 0 radical (unpaired) electrons. The van der Waals surface area contributed by atoms with Gasteiger partial charge in [0.1, 0.15) is 12.4 Å². The Morgan fingerprint density at radius 1 is 1.07 bits per heavy atom. The maximum atomic E-state index is 12.6. The highest BCUT2D eigenvalue weighted by Gasteiger charge is 2.26. The van der Waals surface area contributed by atoms with Crippen molar-refractivity contribution in [3.8, 4) is 5.75 Å². The van der Waals surface area contributed by atoms with Gasteiger partial charge in [-0.05, 0) is 38.5 Å². The van der Waals surface area contributed by atoms with Gasteiger partial charge in [-0.1, -0.05) is 30.3 Å². The van der Waals surface area contributed by atoms with Crippen molar-refractivity contribution < 1.29 is 28.7 Å². The van der Waals surface area contributed by atoms with Gasteiger partial charge in [0.15, 0.2) is 6.04 Å². The molecule has 0 aliphatic carbocycles. The molecule has 9 nitrogen and oxygen atoms in total. The first kappa shape index (κ1) is 22.8. The fraction of sp³-hybridized carbons (Fsp3) is 0.333. The third kappa shape index (κ3) is 7.88. The van der Waals surface area contributed by atoms with Crippen molar-refractivity contribution in [2.75, 3.05) is 6.61 Å². The van der Waals surface area contributed by atoms with Crippen molar-refractivity contribution >= 4 is 17.7 Å². The van der Waals surface area contributed by atoms with Gasteiger partial charge in [-0.15, -0.1) is 0 Å². The number of non-ortho nitro benzene ring substituents is 1. The number of nitrogens with one attached hydrogen (secondary N) is 1. The summed E-state index contributed by atoms with van der Waals surface area (Å²) in [6.07, 6.45) is -0.804. The topological polar surface area (TPSA) is 117 Å². The number of amides is 1. The zero-order valence-corrected chi connectivity index (χ0v) is 17.0. The number of benzene rings is 2. The zero-order chi connectivity index (χ0) is 22.1. The van der Waals surface area contributed by atoms with Crippen LogP contribution in [0.5, 0.6) is 5.75 Å². The van der Waals surface area contributed by atoms with Crippen LogP contribution in [0.4, 0.5) is 10.5 Å². The lowest BCUT2D eigenvalue weighted by molar-refractivity contribution is -0.384. The molecule has 2 rings (SSSR count). The SMILES string of the molecule is CC(C)(C)OCC(NC(=O)OCc1ccccc1)C(=O)Oc1ccc([N+](=O)[O-])cc1. The number of rotatable bonds is 8. The van der Waals surface area contributed by atoms with E-state index in [0.717, 1.165) is 5.56 Å². The van der Waals surface area contributed by atoms with E-state index in [1.54, 1.807) is 32.9 Å². The Bertz CT molecular complexity index is 861. The van der Waals surface area contributed by atoms with E-state index >= 15 is 0 Å². The summed E-state index contributed by atoms with van der Waals surface area (Å²) in [6.45, 7) is 5.31. The van der Waals surface area contributed by atoms with Crippen LogP contribution in [-0.2, 0) is 20.9 Å². The van der Waals surface area contributed by atoms with E-state index in [2.05, 4.69) is 5.32 Å². The first-order chi connectivity index (χ1) is 14.1. The average molecular weight is 416 g/mol. The first-order valence-electron chi connectivity index (χ1n) is 9.21. The average Bonchev–Trinajstić information content (AvgIpc) is 2.70. The number of nitro groups is 1. The van der Waals surface area contributed by atoms with Gasteiger partial charge in [0.2, 0.25) is 0 Å². The van der Waals surface area contributed by atoms with Gasteiger partial charge in [-0.3, -0.25) is 10.1 Å². The Labute approximate surface area is 174 Å². The van der Waals surface area contributed by atoms with Crippen LogP contribution in [0.15, 0.2) is 54.6 Å². The summed E-state index contributed by atoms with van der Waals surface area (Å²) < 4.78 is 16.0. The lowest BCUT2D eigenvalue weighted by atomic mass is 10.2. The van der Waals surface area contributed by atoms with E-state index in [9.17, 15) is 19.7 Å². The molecule has 1 unspecified atom stereocenters. The molecule has 0 heterocycles. The Hall–Kier alpha value is -3.46. The number of hydrogen-bond donors (Lipinski definition) is 1. The second kappa shape index (κ2) is 10.4. The Morgan fingerprint density at radius 2 is 1.70 bits per heavy atom. The van der Waals surface area contributed by atoms with Crippen LogP contribution in [0, 0.1) is 10.1 Å². The predicted octanol–water partition coefficient (Wildman–Crippen LogP) is 3.61. The molecule has 9 heteroatoms. The normalized spacial score (nSPS) is 12.0. The third-order valence-corrected chi connectivity index (χ3v) is 3.74. The highest BCUT2D eigenvalue weighted by molar-refractivity contribution is 5.83. The van der Waals surface area contributed by atoms with E-state index in [1.165, 1.54) is 24.3 Å². The molecule has 1 atom stereocenters. The number of nitrogens with zero attached hydrogens (tertiary/aromatic N) is 1. The fourth-order valence-corrected chi connectivity index (χ4v) is 2.23. The molecule has 0 aliphatic rings. The third-order valence-electron chi connectivity index (χ3n) is 3.74. The summed E-state index contributed by atoms with van der Waals surface area (Å²) in [5, 5.41) is 13.2. The summed E-state index contributed by atoms with van der Waals surface area (Å²) in [7, 11) is 0. The quantitative estimate of drug-likeness (QED) is 0.302. The number of hydrogen-bond acceptors (Lipinski definition) is 7. The van der Waals surface area contributed by atoms with Gasteiger partial charge < -0.3 is 19.5 Å². The van der Waals surface area contributed by atoms with Gasteiger partial charge in [-0.25, -0.2) is 9.59 Å². The van der Waals surface area contributed by atoms with Crippen LogP contribution in [0.3, 0.4) is 0 Å². The molecule has 1 amide bonds. The molecule has 0 aliphatic heterocycles. The van der Waals surface area contributed by atoms with Crippen LogP contribution in [0.1, 0.15) is 26.3 Å². The second-order valence-corrected chi connectivity index (χ2v) is 7.35. The molecule has 0 saturated heterocycles. The predicted molar refractivity (Wildman–Crippen MR) is 108 cm³/mol. The monoisotopic (exact) mass is 416 g/mol. The highest BCUT2D eigenvalue weighted by atomic mass is 16.6. The summed E-state index contributed by atoms with van der Waals surface area (Å²) in [5.41, 5.74) is 0.107. The molecule has 0 bridgehead atoms. The van der Waals surface area contributed by atoms with Gasteiger partial charge in [0, 0.05) is 12.1 Å². The molecule has 2 aromatic carbocycles. The molecule has 160 valence electrons. The number of carbonyl (C=O) groups is 2. The van der Waals surface area contributed by atoms with E-state index in [-0.39, 0.29) is 24.7 Å². The standard InChI is InChI=1S/C21H24N2O7/c1-21(2,3)29-14-18(22-20(25)28-13-15-7-5-4-6-8-15)19(24)30-17-11-9-16(10-12-17)23(26)27/h4-12,18H,13-14H2,1-3H3,(H,22,25). The number of esters is 1. The molecule has 0 spiro atoms. The Morgan fingerprint density at radius 3 is 2.27 bits per heavy atom. The van der Waals surface area contributed by atoms with Crippen molar-refractivity contribution in [2.24, 2.45) is 0 Å². The van der Waals surface area contributed by atoms with Gasteiger partial charge in [0.05, 0.1) is 17.1 Å². The molecule has 1 N–H and O–H groups in total. The lowest BCUT2D eigenvalue weighted by Crippen LogP contribution is -2.47. The van der Waals surface area contributed by atoms with Crippen molar-refractivity contribution in [3.63, 3.8) is 0 Å². The molecule has 0 saturated carbocycles. The van der Waals surface area contributed by atoms with E-state index in [1.807, 2.05) is 18.2 Å². The lowest BCUT2D eigenvalue weighted by Gasteiger charge is -2.24. The minimum atomic E-state index is -1.14. The smallest absolute Gasteiger partial charge is 0.408 e. The van der Waals surface area contributed by atoms with E-state index in [4.69, 9.17) is 14.2 Å². The first-order valence-corrected chi connectivity index (χ1v) is 9.21. The van der Waals surface area contributed by atoms with Crippen molar-refractivity contribution in [2.45, 2.75) is 39.0 Å². The minimum absolute atomic E-state index is 0.0386. The largest absolute Gasteiger partial charge is 0.445 e. The number of nitro benzene ring substituents is 1. The molecule has 0 fully saturated rings. The summed E-state index contributed by atoms with van der Waals surface area (Å²) in [4.78, 5) is 34.9. The van der Waals surface area contributed by atoms with Crippen molar-refractivity contribution in [1.82, 2.24) is 5.32 Å². The fourth-order valence-electron chi connectivity index (χ4n) is 2.23. The van der Waals surface area contributed by atoms with Crippen LogP contribution >= 0.6 is 0 Å². The van der Waals surface area contributed by atoms with Gasteiger partial charge >= 0.3 is 12.1 Å². The molecular formula is C21H24N2O7. The number of ether oxygens (including phenoxy) is 3. The van der Waals surface area contributed by atoms with E-state index in [0.29, 0.717) is 0 Å². The highest BCUT2D eigenvalue weighted by Crippen LogP contribution is 2.18. The molecule has 2 aromatic rings. The van der Waals surface area contributed by atoms with Crippen LogP contribution in [0.2, 0.25) is 0 Å². The van der Waals surface area contributed by atoms with Gasteiger partial charge in [0.25, 0.3) is 5.69 Å². The molecular weight excluding hydrogens is 392 g/mol. The zero-order valence-electron chi connectivity index (χ0n) is 17.0. The Balaban J connectivity index is 2.00. The number of alkyl carbamates (subject to hydrolysis) is 1. The maximum absolute atomic E-state index is 12.6. The number of carbonyl (C=O) groups excluding carboxylic acids is 2.